The molecule has 26 heavy (non-hydrogen) atoms. The van der Waals surface area contributed by atoms with Crippen molar-refractivity contribution in [2.45, 2.75) is 76.4 Å². The van der Waals surface area contributed by atoms with E-state index in [0.717, 1.165) is 6.42 Å². The fraction of sp³-hybridized carbons (Fsp3) is 0.632. The molecule has 6 nitrogen and oxygen atoms in total. The van der Waals surface area contributed by atoms with Gasteiger partial charge in [-0.15, -0.1) is 0 Å². The molecule has 0 aliphatic heterocycles. The predicted octanol–water partition coefficient (Wildman–Crippen LogP) is 2.87. The molecule has 0 spiro atoms. The van der Waals surface area contributed by atoms with E-state index in [1.165, 1.54) is 31.4 Å². The number of nitrogens with one attached hydrogen (secondary N) is 3. The zero-order valence-electron chi connectivity index (χ0n) is 16.1. The van der Waals surface area contributed by atoms with Crippen molar-refractivity contribution in [1.29, 1.82) is 0 Å². The second-order valence-electron chi connectivity index (χ2n) is 7.55. The molecule has 0 bridgehead atoms. The fourth-order valence-electron chi connectivity index (χ4n) is 3.31. The molecule has 146 valence electrons. The molecular weight excluding hydrogens is 350 g/mol. The molecular formula is C19H31N3O3S. The molecule has 7 heteroatoms. The number of carbonyl (C=O) groups excluding carboxylic acids is 1. The highest BCUT2D eigenvalue weighted by molar-refractivity contribution is 7.89. The molecule has 1 aliphatic rings. The van der Waals surface area contributed by atoms with Crippen molar-refractivity contribution in [1.82, 2.24) is 10.0 Å². The van der Waals surface area contributed by atoms with Crippen LogP contribution in [-0.2, 0) is 14.8 Å². The summed E-state index contributed by atoms with van der Waals surface area (Å²) in [5.41, 5.74) is 0.587. The Labute approximate surface area is 157 Å². The van der Waals surface area contributed by atoms with Crippen LogP contribution in [0.5, 0.6) is 0 Å². The highest BCUT2D eigenvalue weighted by Crippen LogP contribution is 2.24. The number of hydrogen-bond donors (Lipinski definition) is 3. The lowest BCUT2D eigenvalue weighted by atomic mass is 9.85. The lowest BCUT2D eigenvalue weighted by Crippen LogP contribution is -2.47. The third kappa shape index (κ3) is 5.79. The van der Waals surface area contributed by atoms with Crippen LogP contribution in [0.4, 0.5) is 5.69 Å². The van der Waals surface area contributed by atoms with Gasteiger partial charge in [-0.05, 0) is 63.8 Å². The Morgan fingerprint density at radius 1 is 1.08 bits per heavy atom. The van der Waals surface area contributed by atoms with E-state index in [1.54, 1.807) is 26.0 Å². The molecule has 2 rings (SSSR count). The van der Waals surface area contributed by atoms with Crippen LogP contribution in [0.15, 0.2) is 29.2 Å². The molecule has 0 saturated heterocycles. The van der Waals surface area contributed by atoms with Gasteiger partial charge < -0.3 is 10.6 Å². The van der Waals surface area contributed by atoms with E-state index in [9.17, 15) is 13.2 Å². The molecule has 3 atom stereocenters. The maximum absolute atomic E-state index is 12.4. The van der Waals surface area contributed by atoms with Crippen molar-refractivity contribution in [3.63, 3.8) is 0 Å². The van der Waals surface area contributed by atoms with Crippen LogP contribution in [0, 0.1) is 5.92 Å². The van der Waals surface area contributed by atoms with Gasteiger partial charge in [-0.25, -0.2) is 13.1 Å². The maximum Gasteiger partial charge on any atom is 0.241 e. The maximum atomic E-state index is 12.4. The van der Waals surface area contributed by atoms with E-state index in [-0.39, 0.29) is 22.9 Å². The number of sulfonamides is 1. The van der Waals surface area contributed by atoms with Gasteiger partial charge in [0.2, 0.25) is 15.9 Å². The molecule has 1 aromatic rings. The van der Waals surface area contributed by atoms with E-state index in [1.807, 2.05) is 6.92 Å². The number of hydrogen-bond acceptors (Lipinski definition) is 4. The quantitative estimate of drug-likeness (QED) is 0.678. The molecule has 1 saturated carbocycles. The number of carbonyl (C=O) groups is 1. The van der Waals surface area contributed by atoms with Crippen molar-refractivity contribution < 1.29 is 13.2 Å². The summed E-state index contributed by atoms with van der Waals surface area (Å²) in [7, 11) is -3.52. The average Bonchev–Trinajstić information content (AvgIpc) is 2.56. The minimum Gasteiger partial charge on any atom is -0.325 e. The van der Waals surface area contributed by atoms with Gasteiger partial charge in [0.25, 0.3) is 0 Å². The Balaban J connectivity index is 1.94. The molecule has 1 fully saturated rings. The minimum atomic E-state index is -3.52. The van der Waals surface area contributed by atoms with Crippen molar-refractivity contribution in [3.05, 3.63) is 24.3 Å². The van der Waals surface area contributed by atoms with Crippen LogP contribution in [0.3, 0.4) is 0 Å². The monoisotopic (exact) mass is 381 g/mol. The van der Waals surface area contributed by atoms with Gasteiger partial charge in [-0.2, -0.15) is 0 Å². The van der Waals surface area contributed by atoms with Gasteiger partial charge in [0.15, 0.2) is 0 Å². The highest BCUT2D eigenvalue weighted by atomic mass is 32.2. The van der Waals surface area contributed by atoms with Crippen molar-refractivity contribution in [2.24, 2.45) is 5.92 Å². The molecule has 1 aliphatic carbocycles. The van der Waals surface area contributed by atoms with Crippen LogP contribution >= 0.6 is 0 Å². The third-order valence-electron chi connectivity index (χ3n) is 4.79. The largest absolute Gasteiger partial charge is 0.325 e. The number of benzene rings is 1. The first kappa shape index (κ1) is 20.9. The average molecular weight is 382 g/mol. The van der Waals surface area contributed by atoms with Crippen LogP contribution in [0.1, 0.15) is 53.4 Å². The summed E-state index contributed by atoms with van der Waals surface area (Å²) in [6, 6.07) is 6.13. The summed E-state index contributed by atoms with van der Waals surface area (Å²) in [6.45, 7) is 7.63. The molecule has 1 aromatic carbocycles. The van der Waals surface area contributed by atoms with Gasteiger partial charge in [0.05, 0.1) is 10.9 Å². The zero-order chi connectivity index (χ0) is 19.3. The molecule has 1 amide bonds. The van der Waals surface area contributed by atoms with Crippen LogP contribution in [0.25, 0.3) is 0 Å². The smallest absolute Gasteiger partial charge is 0.241 e. The Kier molecular flexibility index (Phi) is 7.20. The summed E-state index contributed by atoms with van der Waals surface area (Å²) in [5.74, 6) is 0.468. The number of rotatable bonds is 7. The Bertz CT molecular complexity index is 701. The summed E-state index contributed by atoms with van der Waals surface area (Å²) in [4.78, 5) is 12.6. The van der Waals surface area contributed by atoms with E-state index in [4.69, 9.17) is 0 Å². The van der Waals surface area contributed by atoms with Crippen molar-refractivity contribution in [2.75, 3.05) is 5.32 Å². The third-order valence-corrected chi connectivity index (χ3v) is 6.47. The fourth-order valence-corrected chi connectivity index (χ4v) is 4.56. The second kappa shape index (κ2) is 8.97. The summed E-state index contributed by atoms with van der Waals surface area (Å²) in [6.07, 6.45) is 4.78. The van der Waals surface area contributed by atoms with Crippen LogP contribution in [0.2, 0.25) is 0 Å². The molecule has 0 heterocycles. The second-order valence-corrected chi connectivity index (χ2v) is 9.26. The highest BCUT2D eigenvalue weighted by Gasteiger charge is 2.25. The number of amides is 1. The predicted molar refractivity (Wildman–Crippen MR) is 105 cm³/mol. The lowest BCUT2D eigenvalue weighted by Gasteiger charge is -2.31. The van der Waals surface area contributed by atoms with E-state index in [0.29, 0.717) is 17.6 Å². The summed E-state index contributed by atoms with van der Waals surface area (Å²) >= 11 is 0. The van der Waals surface area contributed by atoms with E-state index >= 15 is 0 Å². The number of anilines is 1. The Hall–Kier alpha value is -1.44. The summed E-state index contributed by atoms with van der Waals surface area (Å²) in [5, 5.41) is 6.28. The Morgan fingerprint density at radius 2 is 1.69 bits per heavy atom. The van der Waals surface area contributed by atoms with Gasteiger partial charge in [-0.1, -0.05) is 19.8 Å². The zero-order valence-corrected chi connectivity index (χ0v) is 16.9. The SMILES string of the molecule is CC(C)NS(=O)(=O)c1ccc(NC(=O)[C@H](C)N[C@H]2CCCC[C@@H]2C)cc1. The van der Waals surface area contributed by atoms with Crippen LogP contribution < -0.4 is 15.4 Å². The van der Waals surface area contributed by atoms with E-state index < -0.39 is 10.0 Å². The topological polar surface area (TPSA) is 87.3 Å². The van der Waals surface area contributed by atoms with Gasteiger partial charge >= 0.3 is 0 Å². The van der Waals surface area contributed by atoms with E-state index in [2.05, 4.69) is 22.3 Å². The molecule has 0 unspecified atom stereocenters. The minimum absolute atomic E-state index is 0.112. The van der Waals surface area contributed by atoms with Crippen molar-refractivity contribution in [3.8, 4) is 0 Å². The first-order valence-corrected chi connectivity index (χ1v) is 10.9. The van der Waals surface area contributed by atoms with Gasteiger partial charge in [0, 0.05) is 17.8 Å². The molecule has 0 aromatic heterocycles. The first-order chi connectivity index (χ1) is 12.2. The van der Waals surface area contributed by atoms with Gasteiger partial charge in [0.1, 0.15) is 0 Å². The molecule has 0 radical (unpaired) electrons. The van der Waals surface area contributed by atoms with Crippen molar-refractivity contribution >= 4 is 21.6 Å². The lowest BCUT2D eigenvalue weighted by molar-refractivity contribution is -0.118. The normalized spacial score (nSPS) is 22.2. The standard InChI is InChI=1S/C19H31N3O3S/c1-13(2)22-26(24,25)17-11-9-16(10-12-17)21-19(23)15(4)20-18-8-6-5-7-14(18)3/h9-15,18,20,22H,5-8H2,1-4H3,(H,21,23)/t14-,15-,18-/m0/s1. The van der Waals surface area contributed by atoms with Crippen LogP contribution in [-0.4, -0.2) is 32.5 Å². The Morgan fingerprint density at radius 3 is 2.27 bits per heavy atom. The van der Waals surface area contributed by atoms with Gasteiger partial charge in [-0.3, -0.25) is 4.79 Å². The first-order valence-electron chi connectivity index (χ1n) is 9.38. The molecule has 3 N–H and O–H groups in total. The summed E-state index contributed by atoms with van der Waals surface area (Å²) < 4.78 is 26.8.